The Labute approximate surface area is 214 Å². The van der Waals surface area contributed by atoms with Gasteiger partial charge >= 0.3 is 0 Å². The van der Waals surface area contributed by atoms with Gasteiger partial charge in [0.25, 0.3) is 5.92 Å². The van der Waals surface area contributed by atoms with Gasteiger partial charge in [0.05, 0.1) is 36.9 Å². The summed E-state index contributed by atoms with van der Waals surface area (Å²) >= 11 is 0. The fraction of sp³-hybridized carbons (Fsp3) is 0.481. The molecule has 2 N–H and O–H groups in total. The van der Waals surface area contributed by atoms with Gasteiger partial charge in [0.15, 0.2) is 11.5 Å². The van der Waals surface area contributed by atoms with Crippen LogP contribution in [0.2, 0.25) is 0 Å². The Morgan fingerprint density at radius 2 is 1.86 bits per heavy atom. The van der Waals surface area contributed by atoms with Gasteiger partial charge in [0.2, 0.25) is 0 Å². The lowest BCUT2D eigenvalue weighted by Gasteiger charge is -2.23. The topological polar surface area (TPSA) is 85.7 Å². The van der Waals surface area contributed by atoms with Crippen LogP contribution in [-0.4, -0.2) is 48.6 Å². The number of nitrogens with one attached hydrogen (secondary N) is 1. The van der Waals surface area contributed by atoms with Crippen LogP contribution in [0.15, 0.2) is 30.3 Å². The summed E-state index contributed by atoms with van der Waals surface area (Å²) in [6, 6.07) is 6.52. The molecule has 3 aromatic rings. The molecule has 1 aliphatic rings. The predicted molar refractivity (Wildman–Crippen MR) is 134 cm³/mol. The summed E-state index contributed by atoms with van der Waals surface area (Å²) in [5, 5.41) is 12.8. The molecule has 0 aliphatic heterocycles. The highest BCUT2D eigenvalue weighted by molar-refractivity contribution is 5.92. The van der Waals surface area contributed by atoms with Gasteiger partial charge in [-0.05, 0) is 45.7 Å². The Hall–Kier alpha value is -3.11. The molecule has 1 saturated carbocycles. The van der Waals surface area contributed by atoms with Crippen molar-refractivity contribution in [2.75, 3.05) is 32.8 Å². The third-order valence-corrected chi connectivity index (χ3v) is 7.16. The largest absolute Gasteiger partial charge is 0.493 e. The van der Waals surface area contributed by atoms with Gasteiger partial charge in [-0.25, -0.2) is 14.4 Å². The molecule has 10 heteroatoms. The first kappa shape index (κ1) is 26.9. The first-order chi connectivity index (χ1) is 17.5. The Morgan fingerprint density at radius 1 is 1.14 bits per heavy atom. The van der Waals surface area contributed by atoms with Crippen LogP contribution in [0.1, 0.15) is 49.7 Å². The van der Waals surface area contributed by atoms with Crippen LogP contribution < -0.4 is 14.8 Å². The van der Waals surface area contributed by atoms with Gasteiger partial charge in [-0.15, -0.1) is 0 Å². The van der Waals surface area contributed by atoms with Crippen LogP contribution in [0.3, 0.4) is 0 Å². The summed E-state index contributed by atoms with van der Waals surface area (Å²) in [6.07, 6.45) is 2.06. The van der Waals surface area contributed by atoms with E-state index in [-0.39, 0.29) is 17.1 Å². The molecule has 1 fully saturated rings. The molecule has 1 aliphatic carbocycles. The van der Waals surface area contributed by atoms with Gasteiger partial charge in [0, 0.05) is 29.5 Å². The maximum Gasteiger partial charge on any atom is 0.298 e. The number of ether oxygens (including phenoxy) is 3. The quantitative estimate of drug-likeness (QED) is 0.344. The summed E-state index contributed by atoms with van der Waals surface area (Å²) in [7, 11) is 3.23. The monoisotopic (exact) mass is 519 g/mol. The van der Waals surface area contributed by atoms with E-state index in [4.69, 9.17) is 19.3 Å². The Kier molecular flexibility index (Phi) is 7.52. The van der Waals surface area contributed by atoms with Gasteiger partial charge in [0.1, 0.15) is 24.1 Å². The Balaban J connectivity index is 1.68. The second-order valence-corrected chi connectivity index (χ2v) is 9.61. The lowest BCUT2D eigenvalue weighted by atomic mass is 10.00. The van der Waals surface area contributed by atoms with Gasteiger partial charge < -0.3 is 24.6 Å². The minimum absolute atomic E-state index is 0.0178. The summed E-state index contributed by atoms with van der Waals surface area (Å²) in [4.78, 5) is 8.99. The zero-order valence-electron chi connectivity index (χ0n) is 21.6. The van der Waals surface area contributed by atoms with E-state index in [1.165, 1.54) is 12.1 Å². The number of aromatic nitrogens is 2. The lowest BCUT2D eigenvalue weighted by molar-refractivity contribution is -0.0583. The number of alkyl halides is 2. The standard InChI is InChI=1S/C27H32F3N3O4/c1-15(18-7-6-8-20(24(18)28)27(29,30)13-34)31-25-19-11-23(37-14-26(9-10-26)16(2)35-4)22(36-5)12-21(19)32-17(3)33-25/h6-8,11-12,15-16,34H,9-10,13-14H2,1-5H3,(H,31,32,33)/t15-,16?/m1/s1. The second-order valence-electron chi connectivity index (χ2n) is 9.61. The molecular weight excluding hydrogens is 487 g/mol. The van der Waals surface area contributed by atoms with Crippen LogP contribution >= 0.6 is 0 Å². The number of aryl methyl sites for hydroxylation is 1. The third-order valence-electron chi connectivity index (χ3n) is 7.16. The van der Waals surface area contributed by atoms with Crippen molar-refractivity contribution in [3.05, 3.63) is 53.1 Å². The van der Waals surface area contributed by atoms with Gasteiger partial charge in [-0.3, -0.25) is 0 Å². The van der Waals surface area contributed by atoms with Crippen molar-refractivity contribution in [3.63, 3.8) is 0 Å². The van der Waals surface area contributed by atoms with Crippen LogP contribution in [0, 0.1) is 18.2 Å². The smallest absolute Gasteiger partial charge is 0.298 e. The normalized spacial score (nSPS) is 16.4. The van der Waals surface area contributed by atoms with Crippen molar-refractivity contribution in [2.24, 2.45) is 5.41 Å². The van der Waals surface area contributed by atoms with Crippen LogP contribution in [-0.2, 0) is 10.7 Å². The summed E-state index contributed by atoms with van der Waals surface area (Å²) in [5.74, 6) is -2.90. The zero-order chi connectivity index (χ0) is 27.0. The van der Waals surface area contributed by atoms with E-state index in [1.54, 1.807) is 40.2 Å². The van der Waals surface area contributed by atoms with Crippen molar-refractivity contribution in [1.82, 2.24) is 9.97 Å². The van der Waals surface area contributed by atoms with Crippen molar-refractivity contribution < 1.29 is 32.5 Å². The number of fused-ring (bicyclic) bond motifs is 1. The highest BCUT2D eigenvalue weighted by Crippen LogP contribution is 2.50. The molecule has 37 heavy (non-hydrogen) atoms. The summed E-state index contributed by atoms with van der Waals surface area (Å²) in [6.45, 7) is 4.36. The van der Waals surface area contributed by atoms with Crippen LogP contribution in [0.5, 0.6) is 11.5 Å². The molecule has 0 spiro atoms. The lowest BCUT2D eigenvalue weighted by Crippen LogP contribution is -2.27. The van der Waals surface area contributed by atoms with E-state index in [2.05, 4.69) is 15.3 Å². The van der Waals surface area contributed by atoms with Gasteiger partial charge in [-0.1, -0.05) is 12.1 Å². The summed E-state index contributed by atoms with van der Waals surface area (Å²) < 4.78 is 60.5. The molecule has 1 heterocycles. The van der Waals surface area contributed by atoms with Crippen molar-refractivity contribution >= 4 is 16.7 Å². The van der Waals surface area contributed by atoms with E-state index in [9.17, 15) is 8.78 Å². The first-order valence-electron chi connectivity index (χ1n) is 12.1. The van der Waals surface area contributed by atoms with Crippen molar-refractivity contribution in [3.8, 4) is 11.5 Å². The van der Waals surface area contributed by atoms with Crippen molar-refractivity contribution in [2.45, 2.75) is 51.7 Å². The van der Waals surface area contributed by atoms with Gasteiger partial charge in [-0.2, -0.15) is 8.78 Å². The third kappa shape index (κ3) is 5.31. The average molecular weight is 520 g/mol. The number of halogens is 3. The molecule has 2 aromatic carbocycles. The molecule has 0 radical (unpaired) electrons. The first-order valence-corrected chi connectivity index (χ1v) is 12.1. The molecule has 0 saturated heterocycles. The Bertz CT molecular complexity index is 1280. The number of rotatable bonds is 11. The predicted octanol–water partition coefficient (Wildman–Crippen LogP) is 5.54. The van der Waals surface area contributed by atoms with E-state index in [1.807, 2.05) is 6.92 Å². The van der Waals surface area contributed by atoms with Crippen molar-refractivity contribution in [1.29, 1.82) is 0 Å². The molecule has 7 nitrogen and oxygen atoms in total. The molecule has 1 unspecified atom stereocenters. The minimum atomic E-state index is -3.69. The van der Waals surface area contributed by atoms with Crippen LogP contribution in [0.25, 0.3) is 10.9 Å². The van der Waals surface area contributed by atoms with Crippen LogP contribution in [0.4, 0.5) is 19.0 Å². The number of nitrogens with zero attached hydrogens (tertiary/aromatic N) is 2. The number of hydrogen-bond acceptors (Lipinski definition) is 7. The number of anilines is 1. The average Bonchev–Trinajstić information content (AvgIpc) is 3.67. The van der Waals surface area contributed by atoms with E-state index in [0.717, 1.165) is 18.9 Å². The number of aliphatic hydroxyl groups excluding tert-OH is 1. The fourth-order valence-corrected chi connectivity index (χ4v) is 4.47. The van der Waals surface area contributed by atoms with E-state index >= 15 is 4.39 Å². The number of methoxy groups -OCH3 is 2. The molecule has 2 atom stereocenters. The highest BCUT2D eigenvalue weighted by Gasteiger charge is 2.48. The Morgan fingerprint density at radius 3 is 2.49 bits per heavy atom. The molecular formula is C27H32F3N3O4. The number of hydrogen-bond donors (Lipinski definition) is 2. The maximum atomic E-state index is 15.1. The summed E-state index contributed by atoms with van der Waals surface area (Å²) in [5.41, 5.74) is -0.305. The number of benzene rings is 2. The van der Waals surface area contributed by atoms with E-state index < -0.39 is 30.0 Å². The second kappa shape index (κ2) is 10.3. The minimum Gasteiger partial charge on any atom is -0.493 e. The fourth-order valence-electron chi connectivity index (χ4n) is 4.47. The zero-order valence-corrected chi connectivity index (χ0v) is 21.6. The number of aliphatic hydroxyl groups is 1. The van der Waals surface area contributed by atoms with E-state index in [0.29, 0.717) is 40.7 Å². The molecule has 0 bridgehead atoms. The maximum absolute atomic E-state index is 15.1. The highest BCUT2D eigenvalue weighted by atomic mass is 19.3. The molecule has 0 amide bonds. The molecule has 1 aromatic heterocycles. The molecule has 4 rings (SSSR count). The SMILES string of the molecule is COc1cc2nc(C)nc(N[C@H](C)c3cccc(C(F)(F)CO)c3F)c2cc1OCC1(C(C)OC)CC1. The molecule has 200 valence electrons.